The van der Waals surface area contributed by atoms with Crippen molar-refractivity contribution in [2.75, 3.05) is 42.9 Å². The fourth-order valence-corrected chi connectivity index (χ4v) is 4.45. The van der Waals surface area contributed by atoms with Crippen LogP contribution in [0.5, 0.6) is 0 Å². The van der Waals surface area contributed by atoms with Crippen LogP contribution in [-0.2, 0) is 10.0 Å². The molecule has 1 aromatic carbocycles. The Bertz CT molecular complexity index is 865. The zero-order chi connectivity index (χ0) is 18.7. The van der Waals surface area contributed by atoms with E-state index in [-0.39, 0.29) is 4.90 Å². The van der Waals surface area contributed by atoms with Crippen LogP contribution in [0.1, 0.15) is 12.7 Å². The third-order valence-corrected chi connectivity index (χ3v) is 6.36. The summed E-state index contributed by atoms with van der Waals surface area (Å²) in [7, 11) is -3.51. The van der Waals surface area contributed by atoms with Gasteiger partial charge in [-0.05, 0) is 38.1 Å². The minimum Gasteiger partial charge on any atom is -0.370 e. The fraction of sp³-hybridized carbons (Fsp3) is 0.412. The summed E-state index contributed by atoms with van der Waals surface area (Å²) in [4.78, 5) is 11.2. The third-order valence-electron chi connectivity index (χ3n) is 4.20. The number of hydrogen-bond donors (Lipinski definition) is 1. The molecular weight excluding hydrogens is 374 g/mol. The second-order valence-corrected chi connectivity index (χ2v) is 8.41. The number of aryl methyl sites for hydroxylation is 1. The van der Waals surface area contributed by atoms with Crippen LogP contribution in [0, 0.1) is 6.92 Å². The molecule has 0 unspecified atom stereocenters. The van der Waals surface area contributed by atoms with E-state index in [1.165, 1.54) is 4.31 Å². The molecule has 0 radical (unpaired) electrons. The number of nitrogens with one attached hydrogen (secondary N) is 1. The highest BCUT2D eigenvalue weighted by atomic mass is 35.5. The molecule has 0 spiro atoms. The van der Waals surface area contributed by atoms with Gasteiger partial charge in [0.05, 0.1) is 4.90 Å². The van der Waals surface area contributed by atoms with Crippen LogP contribution in [0.3, 0.4) is 0 Å². The van der Waals surface area contributed by atoms with Crippen LogP contribution >= 0.6 is 11.6 Å². The van der Waals surface area contributed by atoms with Gasteiger partial charge in [0.15, 0.2) is 0 Å². The fourth-order valence-electron chi connectivity index (χ4n) is 2.90. The zero-order valence-electron chi connectivity index (χ0n) is 14.8. The first-order chi connectivity index (χ1) is 12.4. The van der Waals surface area contributed by atoms with Gasteiger partial charge in [-0.3, -0.25) is 0 Å². The molecule has 0 bridgehead atoms. The Labute approximate surface area is 159 Å². The van der Waals surface area contributed by atoms with Crippen LogP contribution in [0.15, 0.2) is 35.2 Å². The predicted octanol–water partition coefficient (Wildman–Crippen LogP) is 2.38. The molecule has 1 aromatic heterocycles. The van der Waals surface area contributed by atoms with Gasteiger partial charge in [-0.25, -0.2) is 18.4 Å². The van der Waals surface area contributed by atoms with E-state index in [0.717, 1.165) is 18.2 Å². The Hall–Kier alpha value is -1.90. The van der Waals surface area contributed by atoms with Crippen molar-refractivity contribution in [1.82, 2.24) is 14.3 Å². The lowest BCUT2D eigenvalue weighted by molar-refractivity contribution is 0.383. The van der Waals surface area contributed by atoms with E-state index in [1.807, 2.05) is 19.9 Å². The van der Waals surface area contributed by atoms with Crippen molar-refractivity contribution in [1.29, 1.82) is 0 Å². The van der Waals surface area contributed by atoms with Crippen molar-refractivity contribution in [3.63, 3.8) is 0 Å². The van der Waals surface area contributed by atoms with Crippen molar-refractivity contribution in [2.45, 2.75) is 18.7 Å². The molecule has 1 saturated heterocycles. The quantitative estimate of drug-likeness (QED) is 0.837. The molecule has 9 heteroatoms. The molecule has 1 fully saturated rings. The SMILES string of the molecule is CCNc1cc(N2CCN(S(=O)(=O)c3ccc(Cl)cc3)CC2)nc(C)n1. The van der Waals surface area contributed by atoms with E-state index < -0.39 is 10.0 Å². The van der Waals surface area contributed by atoms with Crippen LogP contribution in [0.2, 0.25) is 5.02 Å². The number of aromatic nitrogens is 2. The molecule has 0 aliphatic carbocycles. The molecule has 2 heterocycles. The van der Waals surface area contributed by atoms with Crippen LogP contribution in [-0.4, -0.2) is 55.4 Å². The van der Waals surface area contributed by atoms with Crippen molar-refractivity contribution in [2.24, 2.45) is 0 Å². The van der Waals surface area contributed by atoms with Crippen LogP contribution < -0.4 is 10.2 Å². The van der Waals surface area contributed by atoms with Crippen LogP contribution in [0.4, 0.5) is 11.6 Å². The van der Waals surface area contributed by atoms with E-state index in [1.54, 1.807) is 24.3 Å². The first-order valence-corrected chi connectivity index (χ1v) is 10.3. The number of piperazine rings is 1. The number of benzene rings is 1. The minimum absolute atomic E-state index is 0.266. The highest BCUT2D eigenvalue weighted by Gasteiger charge is 2.29. The first kappa shape index (κ1) is 18.9. The predicted molar refractivity (Wildman–Crippen MR) is 103 cm³/mol. The lowest BCUT2D eigenvalue weighted by Crippen LogP contribution is -2.49. The largest absolute Gasteiger partial charge is 0.370 e. The summed E-state index contributed by atoms with van der Waals surface area (Å²) in [6.45, 7) is 6.62. The molecule has 0 amide bonds. The van der Waals surface area contributed by atoms with E-state index in [4.69, 9.17) is 11.6 Å². The first-order valence-electron chi connectivity index (χ1n) is 8.50. The molecule has 3 rings (SSSR count). The normalized spacial score (nSPS) is 15.9. The molecule has 140 valence electrons. The van der Waals surface area contributed by atoms with Crippen LogP contribution in [0.25, 0.3) is 0 Å². The standard InChI is InChI=1S/C17H22ClN5O2S/c1-3-19-16-12-17(21-13(2)20-16)22-8-10-23(11-9-22)26(24,25)15-6-4-14(18)5-7-15/h4-7,12H,3,8-11H2,1-2H3,(H,19,20,21). The molecule has 1 N–H and O–H groups in total. The molecule has 1 aliphatic heterocycles. The van der Waals surface area contributed by atoms with Gasteiger partial charge in [-0.2, -0.15) is 4.31 Å². The summed E-state index contributed by atoms with van der Waals surface area (Å²) in [6.07, 6.45) is 0. The lowest BCUT2D eigenvalue weighted by Gasteiger charge is -2.34. The Morgan fingerprint density at radius 3 is 2.38 bits per heavy atom. The second kappa shape index (κ2) is 7.77. The van der Waals surface area contributed by atoms with E-state index >= 15 is 0 Å². The molecule has 0 atom stereocenters. The highest BCUT2D eigenvalue weighted by molar-refractivity contribution is 7.89. The minimum atomic E-state index is -3.51. The molecule has 0 saturated carbocycles. The maximum absolute atomic E-state index is 12.8. The van der Waals surface area contributed by atoms with Gasteiger partial charge in [0.1, 0.15) is 17.5 Å². The average molecular weight is 396 g/mol. The smallest absolute Gasteiger partial charge is 0.243 e. The number of rotatable bonds is 5. The summed E-state index contributed by atoms with van der Waals surface area (Å²) in [5, 5.41) is 3.71. The maximum Gasteiger partial charge on any atom is 0.243 e. The summed E-state index contributed by atoms with van der Waals surface area (Å²) in [5.41, 5.74) is 0. The molecule has 1 aliphatic rings. The third kappa shape index (κ3) is 4.08. The van der Waals surface area contributed by atoms with Gasteiger partial charge >= 0.3 is 0 Å². The number of nitrogens with zero attached hydrogens (tertiary/aromatic N) is 4. The average Bonchev–Trinajstić information content (AvgIpc) is 2.62. The summed E-state index contributed by atoms with van der Waals surface area (Å²) < 4.78 is 27.0. The monoisotopic (exact) mass is 395 g/mol. The lowest BCUT2D eigenvalue weighted by atomic mass is 10.3. The van der Waals surface area contributed by atoms with Gasteiger partial charge in [0, 0.05) is 43.8 Å². The summed E-state index contributed by atoms with van der Waals surface area (Å²) in [6, 6.07) is 8.17. The highest BCUT2D eigenvalue weighted by Crippen LogP contribution is 2.22. The molecule has 2 aromatic rings. The zero-order valence-corrected chi connectivity index (χ0v) is 16.4. The van der Waals surface area contributed by atoms with Crippen molar-refractivity contribution in [3.05, 3.63) is 41.2 Å². The number of sulfonamides is 1. The summed E-state index contributed by atoms with van der Waals surface area (Å²) in [5.74, 6) is 2.29. The van der Waals surface area contributed by atoms with Gasteiger partial charge in [-0.15, -0.1) is 0 Å². The topological polar surface area (TPSA) is 78.4 Å². The number of halogens is 1. The van der Waals surface area contributed by atoms with Gasteiger partial charge in [-0.1, -0.05) is 11.6 Å². The Morgan fingerprint density at radius 2 is 1.77 bits per heavy atom. The van der Waals surface area contributed by atoms with E-state index in [2.05, 4.69) is 20.2 Å². The van der Waals surface area contributed by atoms with Crippen molar-refractivity contribution >= 4 is 33.3 Å². The van der Waals surface area contributed by atoms with E-state index in [9.17, 15) is 8.42 Å². The summed E-state index contributed by atoms with van der Waals surface area (Å²) >= 11 is 5.85. The number of anilines is 2. The van der Waals surface area contributed by atoms with Gasteiger partial charge in [0.25, 0.3) is 0 Å². The maximum atomic E-state index is 12.8. The van der Waals surface area contributed by atoms with Gasteiger partial charge < -0.3 is 10.2 Å². The van der Waals surface area contributed by atoms with Crippen molar-refractivity contribution in [3.8, 4) is 0 Å². The molecule has 7 nitrogen and oxygen atoms in total. The van der Waals surface area contributed by atoms with Crippen molar-refractivity contribution < 1.29 is 8.42 Å². The van der Waals surface area contributed by atoms with Gasteiger partial charge in [0.2, 0.25) is 10.0 Å². The Kier molecular flexibility index (Phi) is 5.64. The second-order valence-electron chi connectivity index (χ2n) is 6.03. The Morgan fingerprint density at radius 1 is 1.12 bits per heavy atom. The molecular formula is C17H22ClN5O2S. The van der Waals surface area contributed by atoms with E-state index in [0.29, 0.717) is 37.0 Å². The molecule has 26 heavy (non-hydrogen) atoms. The number of hydrogen-bond acceptors (Lipinski definition) is 6. The Balaban J connectivity index is 1.72.